The molecule has 0 spiro atoms. The van der Waals surface area contributed by atoms with Crippen molar-refractivity contribution in [1.82, 2.24) is 5.06 Å². The molecule has 3 heteroatoms. The van der Waals surface area contributed by atoms with Crippen molar-refractivity contribution >= 4 is 10.2 Å². The summed E-state index contributed by atoms with van der Waals surface area (Å²) < 4.78 is 0. The lowest BCUT2D eigenvalue weighted by atomic mass is 10.5. The fraction of sp³-hybridized carbons (Fsp3) is 1.00. The van der Waals surface area contributed by atoms with Crippen LogP contribution in [-0.2, 0) is 4.84 Å². The van der Waals surface area contributed by atoms with E-state index in [4.69, 9.17) is 4.84 Å². The molecule has 0 heterocycles. The van der Waals surface area contributed by atoms with E-state index in [1.54, 1.807) is 7.11 Å². The zero-order chi connectivity index (χ0) is 6.57. The first kappa shape index (κ1) is 8.14. The third-order valence-electron chi connectivity index (χ3n) is 0.934. The summed E-state index contributed by atoms with van der Waals surface area (Å²) in [5.74, 6) is 0. The van der Waals surface area contributed by atoms with Gasteiger partial charge in [-0.05, 0) is 5.54 Å². The topological polar surface area (TPSA) is 12.5 Å². The first-order valence-corrected chi connectivity index (χ1v) is 4.07. The molecular weight excluding hydrogens is 118 g/mol. The largest absolute Gasteiger partial charge is 0.303 e. The maximum atomic E-state index is 4.92. The lowest BCUT2D eigenvalue weighted by Gasteiger charge is -2.14. The van der Waals surface area contributed by atoms with Gasteiger partial charge in [0.1, 0.15) is 0 Å². The summed E-state index contributed by atoms with van der Waals surface area (Å²) in [5, 5.41) is 1.86. The molecule has 0 aromatic carbocycles. The molecule has 0 amide bonds. The maximum Gasteiger partial charge on any atom is 0.0575 e. The fourth-order valence-corrected chi connectivity index (χ4v) is 1.10. The molecule has 0 aromatic rings. The van der Waals surface area contributed by atoms with Gasteiger partial charge in [0.2, 0.25) is 0 Å². The van der Waals surface area contributed by atoms with Gasteiger partial charge >= 0.3 is 0 Å². The SMILES string of the molecule is CON(C)CC(C)[SiH3]. The molecule has 0 fully saturated rings. The van der Waals surface area contributed by atoms with Crippen LogP contribution in [0.4, 0.5) is 0 Å². The normalized spacial score (nSPS) is 15.0. The number of hydroxylamine groups is 2. The molecular formula is C5H15NOSi. The summed E-state index contributed by atoms with van der Waals surface area (Å²) in [6.45, 7) is 3.28. The highest BCUT2D eigenvalue weighted by atomic mass is 28.1. The zero-order valence-electron chi connectivity index (χ0n) is 6.14. The molecule has 0 aliphatic rings. The van der Waals surface area contributed by atoms with Gasteiger partial charge in [-0.2, -0.15) is 5.06 Å². The first-order chi connectivity index (χ1) is 3.66. The summed E-state index contributed by atoms with van der Waals surface area (Å²) in [6, 6.07) is 0. The minimum atomic E-state index is 0.819. The van der Waals surface area contributed by atoms with E-state index in [1.807, 2.05) is 12.1 Å². The van der Waals surface area contributed by atoms with E-state index in [-0.39, 0.29) is 0 Å². The van der Waals surface area contributed by atoms with Crippen LogP contribution in [0.2, 0.25) is 5.54 Å². The van der Waals surface area contributed by atoms with Gasteiger partial charge < -0.3 is 4.84 Å². The number of hydrogen-bond acceptors (Lipinski definition) is 2. The Balaban J connectivity index is 3.10. The summed E-state index contributed by atoms with van der Waals surface area (Å²) in [4.78, 5) is 4.92. The maximum absolute atomic E-state index is 4.92. The lowest BCUT2D eigenvalue weighted by molar-refractivity contribution is -0.108. The lowest BCUT2D eigenvalue weighted by Crippen LogP contribution is -2.20. The van der Waals surface area contributed by atoms with Crippen LogP contribution in [-0.4, -0.2) is 36.0 Å². The van der Waals surface area contributed by atoms with Crippen LogP contribution in [0.1, 0.15) is 6.92 Å². The van der Waals surface area contributed by atoms with E-state index < -0.39 is 0 Å². The third-order valence-corrected chi connectivity index (χ3v) is 1.30. The van der Waals surface area contributed by atoms with E-state index in [2.05, 4.69) is 6.92 Å². The number of nitrogens with zero attached hydrogens (tertiary/aromatic N) is 1. The molecule has 0 radical (unpaired) electrons. The number of hydrogen-bond donors (Lipinski definition) is 0. The molecule has 0 saturated heterocycles. The van der Waals surface area contributed by atoms with Gasteiger partial charge in [0.15, 0.2) is 0 Å². The van der Waals surface area contributed by atoms with E-state index in [9.17, 15) is 0 Å². The van der Waals surface area contributed by atoms with Gasteiger partial charge in [0, 0.05) is 23.8 Å². The zero-order valence-corrected chi connectivity index (χ0v) is 8.14. The van der Waals surface area contributed by atoms with Gasteiger partial charge in [-0.15, -0.1) is 0 Å². The molecule has 0 saturated carbocycles. The third kappa shape index (κ3) is 4.30. The van der Waals surface area contributed by atoms with Crippen molar-refractivity contribution in [1.29, 1.82) is 0 Å². The highest BCUT2D eigenvalue weighted by Gasteiger charge is 1.97. The Kier molecular flexibility index (Phi) is 4.13. The molecule has 8 heavy (non-hydrogen) atoms. The molecule has 50 valence electrons. The average molecular weight is 133 g/mol. The fourth-order valence-electron chi connectivity index (χ4n) is 0.589. The van der Waals surface area contributed by atoms with Crippen molar-refractivity contribution in [3.8, 4) is 0 Å². The summed E-state index contributed by atoms with van der Waals surface area (Å²) >= 11 is 0. The first-order valence-electron chi connectivity index (χ1n) is 2.92. The van der Waals surface area contributed by atoms with Crippen molar-refractivity contribution in [3.05, 3.63) is 0 Å². The Morgan fingerprint density at radius 2 is 2.25 bits per heavy atom. The highest BCUT2D eigenvalue weighted by molar-refractivity contribution is 6.11. The summed E-state index contributed by atoms with van der Waals surface area (Å²) in [7, 11) is 4.90. The van der Waals surface area contributed by atoms with E-state index in [1.165, 1.54) is 10.2 Å². The van der Waals surface area contributed by atoms with Crippen LogP contribution in [0.25, 0.3) is 0 Å². The molecule has 2 nitrogen and oxygen atoms in total. The minimum Gasteiger partial charge on any atom is -0.303 e. The van der Waals surface area contributed by atoms with Crippen molar-refractivity contribution in [2.24, 2.45) is 0 Å². The second kappa shape index (κ2) is 4.06. The van der Waals surface area contributed by atoms with E-state index in [0.29, 0.717) is 0 Å². The van der Waals surface area contributed by atoms with Gasteiger partial charge in [0.25, 0.3) is 0 Å². The standard InChI is InChI=1S/C5H15NOSi/c1-5(8)4-6(2)7-3/h5H,4H2,1-3,8H3. The smallest absolute Gasteiger partial charge is 0.0575 e. The molecule has 0 bridgehead atoms. The average Bonchev–Trinajstić information content (AvgIpc) is 1.65. The number of rotatable bonds is 3. The van der Waals surface area contributed by atoms with Crippen LogP contribution < -0.4 is 0 Å². The minimum absolute atomic E-state index is 0.819. The predicted molar refractivity (Wildman–Crippen MR) is 39.0 cm³/mol. The second-order valence-electron chi connectivity index (χ2n) is 2.39. The Morgan fingerprint density at radius 3 is 2.38 bits per heavy atom. The van der Waals surface area contributed by atoms with Crippen LogP contribution in [0.15, 0.2) is 0 Å². The van der Waals surface area contributed by atoms with Gasteiger partial charge in [-0.25, -0.2) is 0 Å². The molecule has 1 atom stereocenters. The van der Waals surface area contributed by atoms with Gasteiger partial charge in [-0.1, -0.05) is 6.92 Å². The molecule has 1 unspecified atom stereocenters. The molecule has 0 N–H and O–H groups in total. The van der Waals surface area contributed by atoms with Crippen LogP contribution in [0, 0.1) is 0 Å². The molecule has 0 aliphatic carbocycles. The Bertz CT molecular complexity index is 58.4. The van der Waals surface area contributed by atoms with Crippen molar-refractivity contribution in [2.45, 2.75) is 12.5 Å². The Hall–Kier alpha value is 0.137. The van der Waals surface area contributed by atoms with Crippen molar-refractivity contribution < 1.29 is 4.84 Å². The van der Waals surface area contributed by atoms with Crippen molar-refractivity contribution in [2.75, 3.05) is 20.7 Å². The van der Waals surface area contributed by atoms with Crippen LogP contribution >= 0.6 is 0 Å². The van der Waals surface area contributed by atoms with E-state index >= 15 is 0 Å². The van der Waals surface area contributed by atoms with E-state index in [0.717, 1.165) is 12.1 Å². The molecule has 0 aromatic heterocycles. The Labute approximate surface area is 54.2 Å². The second-order valence-corrected chi connectivity index (χ2v) is 4.36. The van der Waals surface area contributed by atoms with Crippen LogP contribution in [0.3, 0.4) is 0 Å². The van der Waals surface area contributed by atoms with Crippen LogP contribution in [0.5, 0.6) is 0 Å². The Morgan fingerprint density at radius 1 is 1.75 bits per heavy atom. The quantitative estimate of drug-likeness (QED) is 0.385. The molecule has 0 rings (SSSR count). The predicted octanol–water partition coefficient (Wildman–Crippen LogP) is -0.347. The molecule has 0 aliphatic heterocycles. The summed E-state index contributed by atoms with van der Waals surface area (Å²) in [5.41, 5.74) is 0.819. The summed E-state index contributed by atoms with van der Waals surface area (Å²) in [6.07, 6.45) is 0. The van der Waals surface area contributed by atoms with Crippen molar-refractivity contribution in [3.63, 3.8) is 0 Å². The highest BCUT2D eigenvalue weighted by Crippen LogP contribution is 1.96. The van der Waals surface area contributed by atoms with Gasteiger partial charge in [-0.3, -0.25) is 0 Å². The monoisotopic (exact) mass is 133 g/mol. The van der Waals surface area contributed by atoms with Gasteiger partial charge in [0.05, 0.1) is 7.11 Å².